The molecule has 5 rings (SSSR count). The van der Waals surface area contributed by atoms with E-state index >= 15 is 0 Å². The second kappa shape index (κ2) is 8.27. The third-order valence-electron chi connectivity index (χ3n) is 10.2. The Hall–Kier alpha value is -2.45. The topological polar surface area (TPSA) is 112 Å². The molecule has 9 atom stereocenters. The van der Waals surface area contributed by atoms with Gasteiger partial charge in [0.1, 0.15) is 11.7 Å². The number of hydrogen-bond donors (Lipinski definition) is 1. The third kappa shape index (κ3) is 3.58. The van der Waals surface area contributed by atoms with Crippen LogP contribution in [0.15, 0.2) is 36.0 Å². The number of esters is 3. The smallest absolute Gasteiger partial charge is 0.333 e. The van der Waals surface area contributed by atoms with E-state index in [1.807, 2.05) is 0 Å². The number of rotatable bonds is 5. The standard InChI is InChI=1S/C29H38O8/c1-15-24(27(5)10-8-9-26(3,4)20(27)13-22(31)34-7)19(35-16(2)30)14-28(6)18(12-21-29(15,28)37-21)17-11-23(32)36-25(17)33/h8,10-11,18-21,24-25,33H,1,9,12-14H2,2-7H3. The second-order valence-corrected chi connectivity index (χ2v) is 12.6. The number of carbonyl (C=O) groups excluding carboxylic acids is 3. The fraction of sp³-hybridized carbons (Fsp3) is 0.690. The van der Waals surface area contributed by atoms with Crippen molar-refractivity contribution in [2.75, 3.05) is 7.11 Å². The molecule has 0 aromatic rings. The quantitative estimate of drug-likeness (QED) is 0.256. The number of allylic oxidation sites excluding steroid dienone is 2. The van der Waals surface area contributed by atoms with Gasteiger partial charge >= 0.3 is 17.9 Å². The molecule has 0 amide bonds. The van der Waals surface area contributed by atoms with E-state index in [1.165, 1.54) is 20.1 Å². The predicted octanol–water partition coefficient (Wildman–Crippen LogP) is 3.63. The molecule has 2 heterocycles. The Bertz CT molecular complexity index is 1120. The van der Waals surface area contributed by atoms with Crippen molar-refractivity contribution in [1.82, 2.24) is 0 Å². The van der Waals surface area contributed by atoms with Gasteiger partial charge in [-0.05, 0) is 47.5 Å². The molecule has 3 aliphatic carbocycles. The average Bonchev–Trinajstić information content (AvgIpc) is 3.34. The molecule has 0 radical (unpaired) electrons. The molecule has 202 valence electrons. The van der Waals surface area contributed by atoms with E-state index in [9.17, 15) is 19.5 Å². The first-order valence-electron chi connectivity index (χ1n) is 13.1. The van der Waals surface area contributed by atoms with Crippen molar-refractivity contribution in [3.8, 4) is 0 Å². The first kappa shape index (κ1) is 26.2. The molecule has 1 saturated heterocycles. The van der Waals surface area contributed by atoms with Gasteiger partial charge < -0.3 is 24.1 Å². The van der Waals surface area contributed by atoms with Crippen molar-refractivity contribution < 1.29 is 38.4 Å². The highest BCUT2D eigenvalue weighted by molar-refractivity contribution is 5.85. The summed E-state index contributed by atoms with van der Waals surface area (Å²) in [5, 5.41) is 10.5. The molecule has 37 heavy (non-hydrogen) atoms. The maximum absolute atomic E-state index is 12.6. The number of aliphatic hydroxyl groups is 1. The Morgan fingerprint density at radius 1 is 1.24 bits per heavy atom. The van der Waals surface area contributed by atoms with Crippen LogP contribution in [0, 0.1) is 34.0 Å². The van der Waals surface area contributed by atoms with Gasteiger partial charge in [-0.1, -0.05) is 46.4 Å². The Balaban J connectivity index is 1.60. The zero-order valence-electron chi connectivity index (χ0n) is 22.5. The maximum atomic E-state index is 12.6. The van der Waals surface area contributed by atoms with Crippen LogP contribution in [-0.4, -0.2) is 54.2 Å². The van der Waals surface area contributed by atoms with E-state index in [0.29, 0.717) is 18.4 Å². The Kier molecular flexibility index (Phi) is 5.85. The number of carbonyl (C=O) groups is 3. The Morgan fingerprint density at radius 2 is 1.95 bits per heavy atom. The summed E-state index contributed by atoms with van der Waals surface area (Å²) >= 11 is 0. The average molecular weight is 515 g/mol. The van der Waals surface area contributed by atoms with Gasteiger partial charge in [-0.2, -0.15) is 0 Å². The van der Waals surface area contributed by atoms with E-state index < -0.39 is 40.8 Å². The van der Waals surface area contributed by atoms with Gasteiger partial charge in [0.05, 0.1) is 13.2 Å². The van der Waals surface area contributed by atoms with Gasteiger partial charge in [0.2, 0.25) is 6.29 Å². The summed E-state index contributed by atoms with van der Waals surface area (Å²) in [6.07, 6.45) is 5.87. The lowest BCUT2D eigenvalue weighted by Gasteiger charge is -2.58. The summed E-state index contributed by atoms with van der Waals surface area (Å²) in [7, 11) is 1.40. The van der Waals surface area contributed by atoms with Crippen LogP contribution in [0.5, 0.6) is 0 Å². The normalized spacial score (nSPS) is 45.4. The number of aliphatic hydroxyl groups excluding tert-OH is 1. The molecule has 2 aliphatic heterocycles. The summed E-state index contributed by atoms with van der Waals surface area (Å²) < 4.78 is 22.6. The number of epoxide rings is 1. The van der Waals surface area contributed by atoms with Crippen molar-refractivity contribution in [2.24, 2.45) is 34.0 Å². The minimum Gasteiger partial charge on any atom is -0.469 e. The largest absolute Gasteiger partial charge is 0.469 e. The van der Waals surface area contributed by atoms with E-state index in [0.717, 1.165) is 12.0 Å². The van der Waals surface area contributed by atoms with Crippen LogP contribution in [0.3, 0.4) is 0 Å². The molecule has 9 unspecified atom stereocenters. The van der Waals surface area contributed by atoms with E-state index in [1.54, 1.807) is 0 Å². The zero-order chi connectivity index (χ0) is 27.1. The first-order valence-corrected chi connectivity index (χ1v) is 13.1. The van der Waals surface area contributed by atoms with Crippen LogP contribution in [0.4, 0.5) is 0 Å². The van der Waals surface area contributed by atoms with Gasteiger partial charge in [0, 0.05) is 36.3 Å². The summed E-state index contributed by atoms with van der Waals surface area (Å²) in [5.74, 6) is -1.83. The fourth-order valence-corrected chi connectivity index (χ4v) is 8.65. The highest BCUT2D eigenvalue weighted by Crippen LogP contribution is 2.75. The maximum Gasteiger partial charge on any atom is 0.333 e. The van der Waals surface area contributed by atoms with Crippen LogP contribution < -0.4 is 0 Å². The minimum absolute atomic E-state index is 0.0993. The van der Waals surface area contributed by atoms with Crippen molar-refractivity contribution in [2.45, 2.75) is 84.4 Å². The van der Waals surface area contributed by atoms with Crippen LogP contribution >= 0.6 is 0 Å². The molecular formula is C29H38O8. The summed E-state index contributed by atoms with van der Waals surface area (Å²) in [4.78, 5) is 36.9. The SMILES string of the molecule is C=C1C(C2(C)C=CCC(C)(C)C2CC(=O)OC)C(OC(C)=O)CC2(C)C(C3=CC(=O)OC3O)CC3OC132. The van der Waals surface area contributed by atoms with Crippen molar-refractivity contribution >= 4 is 17.9 Å². The highest BCUT2D eigenvalue weighted by atomic mass is 16.6. The molecule has 3 fully saturated rings. The molecule has 0 bridgehead atoms. The molecule has 0 aromatic heterocycles. The summed E-state index contributed by atoms with van der Waals surface area (Å²) in [5.41, 5.74) is -0.643. The number of cyclic esters (lactones) is 1. The molecule has 8 heteroatoms. The van der Waals surface area contributed by atoms with Crippen LogP contribution in [0.1, 0.15) is 60.3 Å². The lowest BCUT2D eigenvalue weighted by atomic mass is 9.47. The van der Waals surface area contributed by atoms with Gasteiger partial charge in [0.15, 0.2) is 0 Å². The summed E-state index contributed by atoms with van der Waals surface area (Å²) in [6, 6.07) is 0. The highest BCUT2D eigenvalue weighted by Gasteiger charge is 2.80. The molecule has 0 aromatic carbocycles. The van der Waals surface area contributed by atoms with Crippen molar-refractivity contribution in [3.63, 3.8) is 0 Å². The molecule has 5 aliphatic rings. The molecule has 8 nitrogen and oxygen atoms in total. The molecule has 1 N–H and O–H groups in total. The monoisotopic (exact) mass is 514 g/mol. The van der Waals surface area contributed by atoms with Crippen LogP contribution in [0.2, 0.25) is 0 Å². The Morgan fingerprint density at radius 3 is 2.54 bits per heavy atom. The van der Waals surface area contributed by atoms with Crippen LogP contribution in [-0.2, 0) is 33.3 Å². The first-order chi connectivity index (χ1) is 17.2. The van der Waals surface area contributed by atoms with E-state index in [2.05, 4.69) is 46.4 Å². The van der Waals surface area contributed by atoms with Gasteiger partial charge in [-0.3, -0.25) is 9.59 Å². The lowest BCUT2D eigenvalue weighted by molar-refractivity contribution is -0.164. The molecule has 1 spiro atoms. The van der Waals surface area contributed by atoms with Crippen LogP contribution in [0.25, 0.3) is 0 Å². The van der Waals surface area contributed by atoms with E-state index in [-0.39, 0.29) is 41.7 Å². The zero-order valence-corrected chi connectivity index (χ0v) is 22.5. The van der Waals surface area contributed by atoms with E-state index in [4.69, 9.17) is 18.9 Å². The number of methoxy groups -OCH3 is 1. The van der Waals surface area contributed by atoms with Gasteiger partial charge in [-0.15, -0.1) is 0 Å². The number of ether oxygens (including phenoxy) is 4. The second-order valence-electron chi connectivity index (χ2n) is 12.6. The third-order valence-corrected chi connectivity index (χ3v) is 10.2. The predicted molar refractivity (Wildman–Crippen MR) is 133 cm³/mol. The molecule has 2 saturated carbocycles. The van der Waals surface area contributed by atoms with Crippen molar-refractivity contribution in [1.29, 1.82) is 0 Å². The Labute approximate surface area is 218 Å². The number of hydrogen-bond acceptors (Lipinski definition) is 8. The minimum atomic E-state index is -1.29. The fourth-order valence-electron chi connectivity index (χ4n) is 8.65. The van der Waals surface area contributed by atoms with Crippen molar-refractivity contribution in [3.05, 3.63) is 36.0 Å². The van der Waals surface area contributed by atoms with Gasteiger partial charge in [-0.25, -0.2) is 4.79 Å². The van der Waals surface area contributed by atoms with Gasteiger partial charge in [0.25, 0.3) is 0 Å². The lowest BCUT2D eigenvalue weighted by Crippen LogP contribution is -2.59. The molecular weight excluding hydrogens is 476 g/mol. The summed E-state index contributed by atoms with van der Waals surface area (Å²) in [6.45, 7) is 14.5.